The monoisotopic (exact) mass is 356 g/mol. The van der Waals surface area contributed by atoms with Gasteiger partial charge in [0.25, 0.3) is 0 Å². The molecule has 1 aliphatic heterocycles. The predicted octanol–water partition coefficient (Wildman–Crippen LogP) is 2.60. The summed E-state index contributed by atoms with van der Waals surface area (Å²) in [7, 11) is 1.90. The third kappa shape index (κ3) is 4.84. The lowest BCUT2D eigenvalue weighted by molar-refractivity contribution is -0.00535. The SMILES string of the molecule is CSc1c(-c2cc(N)ncc2Cl)cnn1C.OC1CCCOC1. The number of thioether (sulfide) groups is 1. The average molecular weight is 357 g/mol. The molecule has 0 radical (unpaired) electrons. The van der Waals surface area contributed by atoms with Gasteiger partial charge in [0.1, 0.15) is 10.8 Å². The third-order valence-electron chi connectivity index (χ3n) is 3.38. The number of nitrogens with zero attached hydrogens (tertiary/aromatic N) is 3. The highest BCUT2D eigenvalue weighted by atomic mass is 35.5. The van der Waals surface area contributed by atoms with Crippen molar-refractivity contribution in [1.82, 2.24) is 14.8 Å². The number of ether oxygens (including phenoxy) is 1. The van der Waals surface area contributed by atoms with Crippen LogP contribution in [0, 0.1) is 0 Å². The first-order chi connectivity index (χ1) is 11.0. The predicted molar refractivity (Wildman–Crippen MR) is 93.7 cm³/mol. The molecule has 0 bridgehead atoms. The van der Waals surface area contributed by atoms with Crippen LogP contribution in [-0.2, 0) is 11.8 Å². The summed E-state index contributed by atoms with van der Waals surface area (Å²) in [5.41, 5.74) is 7.51. The molecule has 0 aliphatic carbocycles. The Morgan fingerprint density at radius 2 is 2.22 bits per heavy atom. The number of aryl methyl sites for hydroxylation is 1. The van der Waals surface area contributed by atoms with Crippen molar-refractivity contribution in [3.8, 4) is 11.1 Å². The number of anilines is 1. The highest BCUT2D eigenvalue weighted by molar-refractivity contribution is 7.98. The van der Waals surface area contributed by atoms with Crippen LogP contribution in [-0.4, -0.2) is 45.4 Å². The maximum Gasteiger partial charge on any atom is 0.124 e. The van der Waals surface area contributed by atoms with Crippen LogP contribution in [0.4, 0.5) is 5.82 Å². The minimum Gasteiger partial charge on any atom is -0.391 e. The summed E-state index contributed by atoms with van der Waals surface area (Å²) in [4.78, 5) is 3.94. The summed E-state index contributed by atoms with van der Waals surface area (Å²) in [5.74, 6) is 0.454. The fraction of sp³-hybridized carbons (Fsp3) is 0.467. The number of aliphatic hydroxyl groups is 1. The fourth-order valence-corrected chi connectivity index (χ4v) is 3.14. The molecular formula is C15H21ClN4O2S. The first-order valence-corrected chi connectivity index (χ1v) is 8.86. The Bertz CT molecular complexity index is 644. The number of nitrogens with two attached hydrogens (primary N) is 1. The third-order valence-corrected chi connectivity index (χ3v) is 4.55. The molecule has 0 saturated carbocycles. The Labute approximate surface area is 145 Å². The van der Waals surface area contributed by atoms with Crippen molar-refractivity contribution in [2.75, 3.05) is 25.2 Å². The number of aliphatic hydroxyl groups excluding tert-OH is 1. The first-order valence-electron chi connectivity index (χ1n) is 7.26. The molecule has 1 unspecified atom stereocenters. The van der Waals surface area contributed by atoms with Gasteiger partial charge in [-0.25, -0.2) is 4.98 Å². The molecule has 2 aromatic rings. The number of hydrogen-bond donors (Lipinski definition) is 2. The Kier molecular flexibility index (Phi) is 6.71. The summed E-state index contributed by atoms with van der Waals surface area (Å²) < 4.78 is 6.74. The maximum atomic E-state index is 8.78. The minimum atomic E-state index is -0.186. The number of rotatable bonds is 2. The molecule has 1 saturated heterocycles. The van der Waals surface area contributed by atoms with Gasteiger partial charge in [-0.2, -0.15) is 5.10 Å². The molecule has 0 spiro atoms. The summed E-state index contributed by atoms with van der Waals surface area (Å²) in [5, 5.41) is 14.6. The van der Waals surface area contributed by atoms with Gasteiger partial charge in [-0.15, -0.1) is 11.8 Å². The van der Waals surface area contributed by atoms with Crippen molar-refractivity contribution in [1.29, 1.82) is 0 Å². The summed E-state index contributed by atoms with van der Waals surface area (Å²) in [6.45, 7) is 1.37. The lowest BCUT2D eigenvalue weighted by Crippen LogP contribution is -2.21. The van der Waals surface area contributed by atoms with E-state index >= 15 is 0 Å². The Hall–Kier alpha value is -1.28. The van der Waals surface area contributed by atoms with Crippen LogP contribution >= 0.6 is 23.4 Å². The molecule has 6 nitrogen and oxygen atoms in total. The summed E-state index contributed by atoms with van der Waals surface area (Å²) >= 11 is 7.72. The average Bonchev–Trinajstić information content (AvgIpc) is 2.91. The van der Waals surface area contributed by atoms with E-state index in [0.717, 1.165) is 35.6 Å². The molecule has 1 aliphatic rings. The molecule has 3 heterocycles. The van der Waals surface area contributed by atoms with E-state index in [1.54, 1.807) is 30.2 Å². The van der Waals surface area contributed by atoms with E-state index in [-0.39, 0.29) is 6.10 Å². The zero-order valence-corrected chi connectivity index (χ0v) is 14.8. The fourth-order valence-electron chi connectivity index (χ4n) is 2.24. The van der Waals surface area contributed by atoms with Crippen molar-refractivity contribution in [3.05, 3.63) is 23.5 Å². The number of nitrogen functional groups attached to an aromatic ring is 1. The molecule has 0 amide bonds. The first kappa shape index (κ1) is 18.1. The smallest absolute Gasteiger partial charge is 0.124 e. The molecule has 3 rings (SSSR count). The Morgan fingerprint density at radius 1 is 1.43 bits per heavy atom. The van der Waals surface area contributed by atoms with E-state index in [1.165, 1.54) is 0 Å². The van der Waals surface area contributed by atoms with Gasteiger partial charge in [0, 0.05) is 31.0 Å². The lowest BCUT2D eigenvalue weighted by atomic mass is 10.1. The standard InChI is InChI=1S/C10H11ClN4S.C5H10O2/c1-15-10(16-2)7(4-14-15)6-3-9(12)13-5-8(6)11;6-5-2-1-3-7-4-5/h3-5H,1-2H3,(H2,12,13);5-6H,1-4H2. The van der Waals surface area contributed by atoms with Crippen molar-refractivity contribution < 1.29 is 9.84 Å². The molecule has 8 heteroatoms. The van der Waals surface area contributed by atoms with Crippen molar-refractivity contribution in [2.45, 2.75) is 24.0 Å². The second kappa shape index (κ2) is 8.54. The second-order valence-electron chi connectivity index (χ2n) is 5.15. The van der Waals surface area contributed by atoms with Crippen molar-refractivity contribution >= 4 is 29.2 Å². The molecule has 1 atom stereocenters. The number of pyridine rings is 1. The van der Waals surface area contributed by atoms with Gasteiger partial charge >= 0.3 is 0 Å². The summed E-state index contributed by atoms with van der Waals surface area (Å²) in [6.07, 6.45) is 7.09. The van der Waals surface area contributed by atoms with E-state index in [0.29, 0.717) is 17.4 Å². The largest absolute Gasteiger partial charge is 0.391 e. The molecule has 2 aromatic heterocycles. The zero-order valence-electron chi connectivity index (χ0n) is 13.2. The molecular weight excluding hydrogens is 336 g/mol. The van der Waals surface area contributed by atoms with Crippen LogP contribution in [0.25, 0.3) is 11.1 Å². The highest BCUT2D eigenvalue weighted by Crippen LogP contribution is 2.34. The van der Waals surface area contributed by atoms with Gasteiger partial charge < -0.3 is 15.6 Å². The zero-order chi connectivity index (χ0) is 16.8. The molecule has 1 fully saturated rings. The van der Waals surface area contributed by atoms with Crippen LogP contribution in [0.5, 0.6) is 0 Å². The van der Waals surface area contributed by atoms with Gasteiger partial charge in [0.05, 0.1) is 23.9 Å². The molecule has 126 valence electrons. The topological polar surface area (TPSA) is 86.2 Å². The number of aromatic nitrogens is 3. The summed E-state index contributed by atoms with van der Waals surface area (Å²) in [6, 6.07) is 1.76. The van der Waals surface area contributed by atoms with Gasteiger partial charge in [-0.1, -0.05) is 11.6 Å². The van der Waals surface area contributed by atoms with Gasteiger partial charge in [0.15, 0.2) is 0 Å². The Morgan fingerprint density at radius 3 is 2.78 bits per heavy atom. The van der Waals surface area contributed by atoms with E-state index in [4.69, 9.17) is 27.2 Å². The molecule has 3 N–H and O–H groups in total. The Balaban J connectivity index is 0.000000229. The highest BCUT2D eigenvalue weighted by Gasteiger charge is 2.13. The quantitative estimate of drug-likeness (QED) is 0.804. The minimum absolute atomic E-state index is 0.186. The number of halogens is 1. The van der Waals surface area contributed by atoms with Crippen LogP contribution in [0.15, 0.2) is 23.5 Å². The van der Waals surface area contributed by atoms with Crippen molar-refractivity contribution in [2.24, 2.45) is 7.05 Å². The molecule has 23 heavy (non-hydrogen) atoms. The van der Waals surface area contributed by atoms with E-state index in [1.807, 2.05) is 18.0 Å². The van der Waals surface area contributed by atoms with Crippen LogP contribution < -0.4 is 5.73 Å². The van der Waals surface area contributed by atoms with E-state index in [2.05, 4.69) is 10.1 Å². The van der Waals surface area contributed by atoms with Crippen LogP contribution in [0.2, 0.25) is 5.02 Å². The van der Waals surface area contributed by atoms with Crippen LogP contribution in [0.3, 0.4) is 0 Å². The van der Waals surface area contributed by atoms with Crippen LogP contribution in [0.1, 0.15) is 12.8 Å². The lowest BCUT2D eigenvalue weighted by Gasteiger charge is -2.15. The normalized spacial score (nSPS) is 17.5. The molecule has 0 aromatic carbocycles. The number of hydrogen-bond acceptors (Lipinski definition) is 6. The van der Waals surface area contributed by atoms with Gasteiger partial charge in [-0.3, -0.25) is 4.68 Å². The maximum absolute atomic E-state index is 8.78. The van der Waals surface area contributed by atoms with Gasteiger partial charge in [0.2, 0.25) is 0 Å². The second-order valence-corrected chi connectivity index (χ2v) is 6.35. The van der Waals surface area contributed by atoms with Gasteiger partial charge in [-0.05, 0) is 25.2 Å². The van der Waals surface area contributed by atoms with E-state index in [9.17, 15) is 0 Å². The van der Waals surface area contributed by atoms with Crippen molar-refractivity contribution in [3.63, 3.8) is 0 Å². The van der Waals surface area contributed by atoms with E-state index < -0.39 is 0 Å².